The summed E-state index contributed by atoms with van der Waals surface area (Å²) in [5.74, 6) is 0.982. The number of thiophene rings is 1. The smallest absolute Gasteiger partial charge is 0.237 e. The number of methoxy groups -OCH3 is 1. The third-order valence-corrected chi connectivity index (χ3v) is 6.65. The molecule has 0 fully saturated rings. The molecule has 1 aromatic carbocycles. The summed E-state index contributed by atoms with van der Waals surface area (Å²) in [6.45, 7) is 5.39. The number of hydrogen-bond donors (Lipinski definition) is 1. The third kappa shape index (κ3) is 3.97. The van der Waals surface area contributed by atoms with Crippen molar-refractivity contribution in [2.24, 2.45) is 0 Å². The van der Waals surface area contributed by atoms with E-state index in [-0.39, 0.29) is 18.0 Å². The third-order valence-electron chi connectivity index (χ3n) is 5.04. The van der Waals surface area contributed by atoms with Crippen molar-refractivity contribution in [3.8, 4) is 5.75 Å². The van der Waals surface area contributed by atoms with Crippen LogP contribution in [0.15, 0.2) is 34.1 Å². The molecular formula is C20H25BrN2O2S. The maximum atomic E-state index is 12.8. The van der Waals surface area contributed by atoms with Gasteiger partial charge >= 0.3 is 0 Å². The van der Waals surface area contributed by atoms with Gasteiger partial charge in [0.1, 0.15) is 5.75 Å². The van der Waals surface area contributed by atoms with Crippen molar-refractivity contribution in [2.45, 2.75) is 38.8 Å². The van der Waals surface area contributed by atoms with Gasteiger partial charge < -0.3 is 15.0 Å². The first-order chi connectivity index (χ1) is 12.5. The highest BCUT2D eigenvalue weighted by atomic mass is 79.9. The summed E-state index contributed by atoms with van der Waals surface area (Å²) in [5.41, 5.74) is 2.46. The number of nitrogens with one attached hydrogen (secondary N) is 1. The van der Waals surface area contributed by atoms with Crippen LogP contribution in [-0.4, -0.2) is 31.0 Å². The van der Waals surface area contributed by atoms with Gasteiger partial charge in [-0.05, 0) is 70.4 Å². The topological polar surface area (TPSA) is 41.6 Å². The molecule has 1 aliphatic rings. The second-order valence-electron chi connectivity index (χ2n) is 6.56. The Labute approximate surface area is 167 Å². The molecule has 0 aliphatic carbocycles. The summed E-state index contributed by atoms with van der Waals surface area (Å²) >= 11 is 5.33. The molecular weight excluding hydrogens is 412 g/mol. The molecule has 2 heterocycles. The van der Waals surface area contributed by atoms with Gasteiger partial charge in [0.2, 0.25) is 5.91 Å². The molecule has 1 amide bonds. The van der Waals surface area contributed by atoms with Crippen LogP contribution in [0, 0.1) is 0 Å². The van der Waals surface area contributed by atoms with Crippen molar-refractivity contribution in [3.05, 3.63) is 50.1 Å². The maximum Gasteiger partial charge on any atom is 0.237 e. The maximum absolute atomic E-state index is 12.8. The van der Waals surface area contributed by atoms with E-state index in [1.807, 2.05) is 34.4 Å². The number of amides is 1. The van der Waals surface area contributed by atoms with E-state index in [2.05, 4.69) is 46.5 Å². The van der Waals surface area contributed by atoms with Crippen LogP contribution in [-0.2, 0) is 11.2 Å². The number of carbonyl (C=O) groups is 1. The van der Waals surface area contributed by atoms with E-state index in [4.69, 9.17) is 4.74 Å². The first-order valence-electron chi connectivity index (χ1n) is 8.97. The van der Waals surface area contributed by atoms with Crippen molar-refractivity contribution >= 4 is 33.2 Å². The minimum absolute atomic E-state index is 0.0859. The highest BCUT2D eigenvalue weighted by Crippen LogP contribution is 2.35. The van der Waals surface area contributed by atoms with Gasteiger partial charge in [0, 0.05) is 17.5 Å². The molecule has 1 aliphatic heterocycles. The Balaban J connectivity index is 1.62. The van der Waals surface area contributed by atoms with Gasteiger partial charge in [-0.2, -0.15) is 0 Å². The molecule has 2 atom stereocenters. The van der Waals surface area contributed by atoms with E-state index in [1.165, 1.54) is 10.4 Å². The molecule has 3 rings (SSSR count). The zero-order valence-corrected chi connectivity index (χ0v) is 17.8. The number of carbonyl (C=O) groups excluding carboxylic acids is 1. The Kier molecular flexibility index (Phi) is 6.37. The van der Waals surface area contributed by atoms with Crippen LogP contribution >= 0.6 is 27.3 Å². The minimum atomic E-state index is 0.0859. The Morgan fingerprint density at radius 1 is 1.46 bits per heavy atom. The van der Waals surface area contributed by atoms with Crippen LogP contribution in [0.2, 0.25) is 0 Å². The van der Waals surface area contributed by atoms with Crippen molar-refractivity contribution in [2.75, 3.05) is 20.2 Å². The summed E-state index contributed by atoms with van der Waals surface area (Å²) in [6.07, 6.45) is 1.92. The Morgan fingerprint density at radius 3 is 2.96 bits per heavy atom. The molecule has 0 bridgehead atoms. The minimum Gasteiger partial charge on any atom is -0.496 e. The predicted octanol–water partition coefficient (Wildman–Crippen LogP) is 4.71. The molecule has 4 nitrogen and oxygen atoms in total. The fourth-order valence-electron chi connectivity index (χ4n) is 3.55. The average molecular weight is 437 g/mol. The summed E-state index contributed by atoms with van der Waals surface area (Å²) in [6, 6.07) is 8.48. The highest BCUT2D eigenvalue weighted by Gasteiger charge is 2.30. The lowest BCUT2D eigenvalue weighted by Crippen LogP contribution is -2.44. The van der Waals surface area contributed by atoms with E-state index in [9.17, 15) is 4.79 Å². The summed E-state index contributed by atoms with van der Waals surface area (Å²) in [4.78, 5) is 16.3. The van der Waals surface area contributed by atoms with Crippen LogP contribution in [0.25, 0.3) is 0 Å². The molecule has 26 heavy (non-hydrogen) atoms. The van der Waals surface area contributed by atoms with Gasteiger partial charge in [-0.3, -0.25) is 4.79 Å². The zero-order valence-electron chi connectivity index (χ0n) is 15.4. The van der Waals surface area contributed by atoms with Crippen molar-refractivity contribution in [1.82, 2.24) is 10.2 Å². The standard InChI is InChI=1S/C20H25BrN2O2S/c1-4-17-15-8-10-26-19(15)7-9-23(17)20(24)12-22-13(2)14-5-6-18(25-3)16(21)11-14/h5-6,8,10-11,13,17,22H,4,7,9,12H2,1-3H3. The summed E-state index contributed by atoms with van der Waals surface area (Å²) in [7, 11) is 1.65. The quantitative estimate of drug-likeness (QED) is 0.712. The SMILES string of the molecule is CCC1c2ccsc2CCN1C(=O)CNC(C)c1ccc(OC)c(Br)c1. The van der Waals surface area contributed by atoms with Crippen molar-refractivity contribution in [3.63, 3.8) is 0 Å². The van der Waals surface area contributed by atoms with E-state index in [1.54, 1.807) is 7.11 Å². The Hall–Kier alpha value is -1.37. The molecule has 2 aromatic rings. The second kappa shape index (κ2) is 8.55. The van der Waals surface area contributed by atoms with Gasteiger partial charge in [0.25, 0.3) is 0 Å². The number of hydrogen-bond acceptors (Lipinski definition) is 4. The number of halogens is 1. The summed E-state index contributed by atoms with van der Waals surface area (Å²) in [5, 5.41) is 5.51. The lowest BCUT2D eigenvalue weighted by molar-refractivity contribution is -0.133. The van der Waals surface area contributed by atoms with Crippen LogP contribution in [0.4, 0.5) is 0 Å². The number of ether oxygens (including phenoxy) is 1. The Morgan fingerprint density at radius 2 is 2.27 bits per heavy atom. The van der Waals surface area contributed by atoms with Crippen LogP contribution in [0.5, 0.6) is 5.75 Å². The largest absolute Gasteiger partial charge is 0.496 e. The average Bonchev–Trinajstić information content (AvgIpc) is 3.13. The van der Waals surface area contributed by atoms with Crippen molar-refractivity contribution in [1.29, 1.82) is 0 Å². The van der Waals surface area contributed by atoms with Gasteiger partial charge in [0.15, 0.2) is 0 Å². The molecule has 140 valence electrons. The molecule has 1 aromatic heterocycles. The number of nitrogens with zero attached hydrogens (tertiary/aromatic N) is 1. The molecule has 2 unspecified atom stereocenters. The molecule has 0 spiro atoms. The van der Waals surface area contributed by atoms with E-state index in [0.717, 1.165) is 35.2 Å². The molecule has 0 saturated carbocycles. The molecule has 0 radical (unpaired) electrons. The number of fused-ring (bicyclic) bond motifs is 1. The predicted molar refractivity (Wildman–Crippen MR) is 110 cm³/mol. The van der Waals surface area contributed by atoms with Gasteiger partial charge in [-0.1, -0.05) is 13.0 Å². The first-order valence-corrected chi connectivity index (χ1v) is 10.6. The number of rotatable bonds is 6. The molecule has 6 heteroatoms. The van der Waals surface area contributed by atoms with E-state index in [0.29, 0.717) is 6.54 Å². The summed E-state index contributed by atoms with van der Waals surface area (Å²) < 4.78 is 6.20. The van der Waals surface area contributed by atoms with Gasteiger partial charge in [-0.15, -0.1) is 11.3 Å². The fourth-order valence-corrected chi connectivity index (χ4v) is 5.03. The first kappa shape index (κ1) is 19.4. The Bertz CT molecular complexity index is 777. The lowest BCUT2D eigenvalue weighted by atomic mass is 9.97. The van der Waals surface area contributed by atoms with Gasteiger partial charge in [0.05, 0.1) is 24.2 Å². The van der Waals surface area contributed by atoms with Gasteiger partial charge in [-0.25, -0.2) is 0 Å². The number of benzene rings is 1. The zero-order chi connectivity index (χ0) is 18.7. The fraction of sp³-hybridized carbons (Fsp3) is 0.450. The highest BCUT2D eigenvalue weighted by molar-refractivity contribution is 9.10. The molecule has 1 N–H and O–H groups in total. The molecule has 0 saturated heterocycles. The van der Waals surface area contributed by atoms with E-state index >= 15 is 0 Å². The van der Waals surface area contributed by atoms with Crippen LogP contribution in [0.1, 0.15) is 48.4 Å². The van der Waals surface area contributed by atoms with Crippen LogP contribution < -0.4 is 10.1 Å². The van der Waals surface area contributed by atoms with Crippen molar-refractivity contribution < 1.29 is 9.53 Å². The second-order valence-corrected chi connectivity index (χ2v) is 8.41. The lowest BCUT2D eigenvalue weighted by Gasteiger charge is -2.36. The monoisotopic (exact) mass is 436 g/mol. The van der Waals surface area contributed by atoms with Crippen LogP contribution in [0.3, 0.4) is 0 Å². The normalized spacial score (nSPS) is 17.7. The van der Waals surface area contributed by atoms with E-state index < -0.39 is 0 Å².